The van der Waals surface area contributed by atoms with Crippen LogP contribution in [0.3, 0.4) is 0 Å². The molecule has 1 fully saturated rings. The summed E-state index contributed by atoms with van der Waals surface area (Å²) in [5.41, 5.74) is 0.553. The van der Waals surface area contributed by atoms with Crippen LogP contribution in [0.15, 0.2) is 12.4 Å². The zero-order valence-electron chi connectivity index (χ0n) is 10.3. The Hall–Kier alpha value is -1.93. The van der Waals surface area contributed by atoms with Gasteiger partial charge in [-0.3, -0.25) is 0 Å². The van der Waals surface area contributed by atoms with Crippen LogP contribution in [0.4, 0.5) is 4.79 Å². The molecule has 0 bridgehead atoms. The lowest BCUT2D eigenvalue weighted by molar-refractivity contribution is 0.128. The number of fused-ring (bicyclic) bond motifs is 1. The van der Waals surface area contributed by atoms with Gasteiger partial charge in [-0.15, -0.1) is 0 Å². The quantitative estimate of drug-likeness (QED) is 0.786. The molecule has 2 aromatic rings. The van der Waals surface area contributed by atoms with E-state index in [9.17, 15) is 9.90 Å². The van der Waals surface area contributed by atoms with E-state index >= 15 is 0 Å². The molecule has 0 aromatic carbocycles. The first-order chi connectivity index (χ1) is 9.54. The maximum atomic E-state index is 11.1. The van der Waals surface area contributed by atoms with Crippen molar-refractivity contribution in [2.45, 2.75) is 25.1 Å². The molecule has 1 aliphatic heterocycles. The van der Waals surface area contributed by atoms with Crippen LogP contribution in [-0.2, 0) is 6.54 Å². The van der Waals surface area contributed by atoms with Gasteiger partial charge in [0.2, 0.25) is 5.28 Å². The number of hydrogen-bond donors (Lipinski definition) is 2. The molecule has 0 unspecified atom stereocenters. The van der Waals surface area contributed by atoms with E-state index < -0.39 is 12.2 Å². The van der Waals surface area contributed by atoms with Crippen molar-refractivity contribution in [2.24, 2.45) is 0 Å². The van der Waals surface area contributed by atoms with Gasteiger partial charge < -0.3 is 15.1 Å². The minimum absolute atomic E-state index is 0.112. The number of aromatic nitrogens is 4. The molecule has 0 aliphatic carbocycles. The van der Waals surface area contributed by atoms with Gasteiger partial charge in [-0.1, -0.05) is 0 Å². The highest BCUT2D eigenvalue weighted by Gasteiger charge is 2.34. The van der Waals surface area contributed by atoms with Crippen LogP contribution >= 0.6 is 11.6 Å². The third kappa shape index (κ3) is 2.27. The Balaban J connectivity index is 1.89. The third-order valence-corrected chi connectivity index (χ3v) is 3.55. The number of amides is 1. The number of likely N-dealkylation sites (tertiary alicyclic amines) is 1. The van der Waals surface area contributed by atoms with Gasteiger partial charge in [-0.05, 0) is 18.0 Å². The van der Waals surface area contributed by atoms with Crippen molar-refractivity contribution in [3.05, 3.63) is 17.7 Å². The Morgan fingerprint density at radius 3 is 3.05 bits per heavy atom. The molecule has 106 valence electrons. The molecule has 2 N–H and O–H groups in total. The molecule has 8 nitrogen and oxygen atoms in total. The van der Waals surface area contributed by atoms with Crippen molar-refractivity contribution in [3.8, 4) is 0 Å². The number of β-amino-alcohol motifs (C(OH)–C–C–N with tert-alkyl or cyclic N) is 1. The summed E-state index contributed by atoms with van der Waals surface area (Å²) >= 11 is 5.76. The van der Waals surface area contributed by atoms with Gasteiger partial charge in [0.15, 0.2) is 5.65 Å². The molecule has 2 aromatic heterocycles. The first kappa shape index (κ1) is 13.1. The third-order valence-electron chi connectivity index (χ3n) is 3.37. The van der Waals surface area contributed by atoms with E-state index in [4.69, 9.17) is 16.7 Å². The molecular weight excluding hydrogens is 286 g/mol. The molecule has 1 saturated heterocycles. The molecule has 0 saturated carbocycles. The first-order valence-corrected chi connectivity index (χ1v) is 6.44. The lowest BCUT2D eigenvalue weighted by Crippen LogP contribution is -2.37. The van der Waals surface area contributed by atoms with E-state index in [0.717, 1.165) is 5.39 Å². The minimum Gasteiger partial charge on any atom is -0.465 e. The summed E-state index contributed by atoms with van der Waals surface area (Å²) in [5.74, 6) is 0. The minimum atomic E-state index is -1.05. The fraction of sp³-hybridized carbons (Fsp3) is 0.455. The van der Waals surface area contributed by atoms with Gasteiger partial charge in [0.25, 0.3) is 0 Å². The number of halogens is 1. The average molecular weight is 298 g/mol. The van der Waals surface area contributed by atoms with Gasteiger partial charge in [0, 0.05) is 6.20 Å². The monoisotopic (exact) mass is 297 g/mol. The molecular formula is C11H12ClN5O3. The zero-order chi connectivity index (χ0) is 14.3. The molecule has 3 rings (SSSR count). The molecule has 0 spiro atoms. The Morgan fingerprint density at radius 1 is 1.50 bits per heavy atom. The normalized spacial score (nSPS) is 22.6. The van der Waals surface area contributed by atoms with Crippen LogP contribution in [0.1, 0.15) is 6.42 Å². The predicted octanol–water partition coefficient (Wildman–Crippen LogP) is 0.593. The Kier molecular flexibility index (Phi) is 3.19. The summed E-state index contributed by atoms with van der Waals surface area (Å²) in [7, 11) is 0. The standard InChI is InChI=1S/C11H12ClN5O3/c12-10-13-2-6-3-14-17(9(6)15-10)4-7-1-8(18)5-16(7)11(19)20/h2-3,7-8,18H,1,4-5H2,(H,19,20)/t7-,8+/m0/s1. The zero-order valence-corrected chi connectivity index (χ0v) is 11.1. The van der Waals surface area contributed by atoms with Gasteiger partial charge in [-0.2, -0.15) is 10.1 Å². The van der Waals surface area contributed by atoms with Crippen LogP contribution in [0, 0.1) is 0 Å². The largest absolute Gasteiger partial charge is 0.465 e. The fourth-order valence-corrected chi connectivity index (χ4v) is 2.61. The Morgan fingerprint density at radius 2 is 2.30 bits per heavy atom. The second-order valence-electron chi connectivity index (χ2n) is 4.72. The summed E-state index contributed by atoms with van der Waals surface area (Å²) in [6, 6.07) is -0.334. The SMILES string of the molecule is O=C(O)N1C[C@H](O)C[C@H]1Cn1ncc2cnc(Cl)nc21. The fourth-order valence-electron chi connectivity index (χ4n) is 2.48. The maximum Gasteiger partial charge on any atom is 0.407 e. The number of rotatable bonds is 2. The molecule has 9 heteroatoms. The van der Waals surface area contributed by atoms with E-state index in [1.54, 1.807) is 17.1 Å². The topological polar surface area (TPSA) is 104 Å². The molecule has 3 heterocycles. The van der Waals surface area contributed by atoms with E-state index in [2.05, 4.69) is 15.1 Å². The Bertz CT molecular complexity index is 661. The summed E-state index contributed by atoms with van der Waals surface area (Å²) in [4.78, 5) is 20.3. The highest BCUT2D eigenvalue weighted by molar-refractivity contribution is 6.28. The van der Waals surface area contributed by atoms with Gasteiger partial charge in [-0.25, -0.2) is 14.5 Å². The van der Waals surface area contributed by atoms with E-state index in [1.165, 1.54) is 4.90 Å². The van der Waals surface area contributed by atoms with E-state index in [1.807, 2.05) is 0 Å². The van der Waals surface area contributed by atoms with Crippen molar-refractivity contribution in [1.29, 1.82) is 0 Å². The second-order valence-corrected chi connectivity index (χ2v) is 5.06. The first-order valence-electron chi connectivity index (χ1n) is 6.06. The highest BCUT2D eigenvalue weighted by Crippen LogP contribution is 2.21. The summed E-state index contributed by atoms with van der Waals surface area (Å²) in [5, 5.41) is 23.8. The number of aliphatic hydroxyl groups excluding tert-OH is 1. The molecule has 2 atom stereocenters. The number of nitrogens with zero attached hydrogens (tertiary/aromatic N) is 5. The molecule has 1 amide bonds. The van der Waals surface area contributed by atoms with Crippen LogP contribution in [0.5, 0.6) is 0 Å². The summed E-state index contributed by atoms with van der Waals surface area (Å²) in [6.07, 6.45) is 1.85. The number of aliphatic hydroxyl groups is 1. The number of carbonyl (C=O) groups is 1. The van der Waals surface area contributed by atoms with Crippen molar-refractivity contribution in [3.63, 3.8) is 0 Å². The smallest absolute Gasteiger partial charge is 0.407 e. The van der Waals surface area contributed by atoms with Crippen LogP contribution in [0.2, 0.25) is 5.28 Å². The van der Waals surface area contributed by atoms with E-state index in [-0.39, 0.29) is 17.9 Å². The van der Waals surface area contributed by atoms with Crippen molar-refractivity contribution in [2.75, 3.05) is 6.54 Å². The second kappa shape index (κ2) is 4.88. The highest BCUT2D eigenvalue weighted by atomic mass is 35.5. The lowest BCUT2D eigenvalue weighted by Gasteiger charge is -2.20. The van der Waals surface area contributed by atoms with Crippen LogP contribution < -0.4 is 0 Å². The molecule has 1 aliphatic rings. The van der Waals surface area contributed by atoms with Gasteiger partial charge in [0.05, 0.1) is 36.8 Å². The molecule has 20 heavy (non-hydrogen) atoms. The van der Waals surface area contributed by atoms with Crippen molar-refractivity contribution < 1.29 is 15.0 Å². The lowest BCUT2D eigenvalue weighted by atomic mass is 10.2. The summed E-state index contributed by atoms with van der Waals surface area (Å²) in [6.45, 7) is 0.440. The Labute approximate surface area is 118 Å². The summed E-state index contributed by atoms with van der Waals surface area (Å²) < 4.78 is 1.58. The molecule has 0 radical (unpaired) electrons. The number of carboxylic acid groups (broad SMARTS) is 1. The average Bonchev–Trinajstić information content (AvgIpc) is 2.94. The maximum absolute atomic E-state index is 11.1. The number of hydrogen-bond acceptors (Lipinski definition) is 5. The van der Waals surface area contributed by atoms with E-state index in [0.29, 0.717) is 18.6 Å². The van der Waals surface area contributed by atoms with Crippen LogP contribution in [-0.4, -0.2) is 59.6 Å². The van der Waals surface area contributed by atoms with Gasteiger partial charge in [0.1, 0.15) is 0 Å². The predicted molar refractivity (Wildman–Crippen MR) is 69.5 cm³/mol. The van der Waals surface area contributed by atoms with Gasteiger partial charge >= 0.3 is 6.09 Å². The van der Waals surface area contributed by atoms with Crippen molar-refractivity contribution >= 4 is 28.7 Å². The van der Waals surface area contributed by atoms with Crippen molar-refractivity contribution in [1.82, 2.24) is 24.6 Å². The van der Waals surface area contributed by atoms with Crippen LogP contribution in [0.25, 0.3) is 11.0 Å².